The molecule has 3 heteroatoms. The van der Waals surface area contributed by atoms with Crippen molar-refractivity contribution in [1.29, 1.82) is 0 Å². The average molecular weight is 263 g/mol. The summed E-state index contributed by atoms with van der Waals surface area (Å²) in [6.45, 7) is 5.32. The highest BCUT2D eigenvalue weighted by atomic mass is 32.1. The molecule has 0 bridgehead atoms. The summed E-state index contributed by atoms with van der Waals surface area (Å²) >= 11 is 4.26. The van der Waals surface area contributed by atoms with Crippen molar-refractivity contribution in [1.82, 2.24) is 4.90 Å². The number of hydrogen-bond donors (Lipinski definition) is 1. The van der Waals surface area contributed by atoms with Gasteiger partial charge in [-0.2, -0.15) is 0 Å². The van der Waals surface area contributed by atoms with Gasteiger partial charge in [0.25, 0.3) is 0 Å². The van der Waals surface area contributed by atoms with Crippen LogP contribution in [-0.2, 0) is 11.2 Å². The first-order chi connectivity index (χ1) is 8.58. The molecule has 18 heavy (non-hydrogen) atoms. The van der Waals surface area contributed by atoms with Crippen LogP contribution in [-0.4, -0.2) is 23.4 Å². The second-order valence-corrected chi connectivity index (χ2v) is 5.90. The van der Waals surface area contributed by atoms with Gasteiger partial charge in [0.05, 0.1) is 6.42 Å². The van der Waals surface area contributed by atoms with E-state index in [2.05, 4.69) is 31.4 Å². The van der Waals surface area contributed by atoms with E-state index in [1.54, 1.807) is 0 Å². The number of nitrogens with zero attached hydrogens (tertiary/aromatic N) is 1. The van der Waals surface area contributed by atoms with E-state index in [9.17, 15) is 4.79 Å². The second kappa shape index (κ2) is 5.79. The van der Waals surface area contributed by atoms with Gasteiger partial charge in [-0.05, 0) is 36.5 Å². The molecule has 0 radical (unpaired) electrons. The van der Waals surface area contributed by atoms with Crippen molar-refractivity contribution >= 4 is 18.5 Å². The van der Waals surface area contributed by atoms with Crippen molar-refractivity contribution in [3.05, 3.63) is 29.8 Å². The molecule has 1 unspecified atom stereocenters. The summed E-state index contributed by atoms with van der Waals surface area (Å²) in [5, 5.41) is 0. The molecule has 0 aliphatic carbocycles. The second-order valence-electron chi connectivity index (χ2n) is 5.38. The SMILES string of the molecule is CC(C)C1CCCN1C(=O)Cc1ccc(S)cc1. The molecule has 1 saturated heterocycles. The van der Waals surface area contributed by atoms with Crippen LogP contribution < -0.4 is 0 Å². The Morgan fingerprint density at radius 2 is 2.06 bits per heavy atom. The van der Waals surface area contributed by atoms with Crippen LogP contribution in [0.5, 0.6) is 0 Å². The van der Waals surface area contributed by atoms with E-state index in [0.717, 1.165) is 29.8 Å². The molecule has 0 aromatic heterocycles. The molecule has 1 aliphatic rings. The van der Waals surface area contributed by atoms with Gasteiger partial charge in [-0.15, -0.1) is 12.6 Å². The molecule has 98 valence electrons. The van der Waals surface area contributed by atoms with Crippen LogP contribution >= 0.6 is 12.6 Å². The van der Waals surface area contributed by atoms with Gasteiger partial charge in [0.1, 0.15) is 0 Å². The zero-order chi connectivity index (χ0) is 13.1. The van der Waals surface area contributed by atoms with Crippen molar-refractivity contribution in [2.45, 2.75) is 44.0 Å². The molecule has 1 aliphatic heterocycles. The number of carbonyl (C=O) groups is 1. The lowest BCUT2D eigenvalue weighted by Crippen LogP contribution is -2.39. The number of likely N-dealkylation sites (tertiary alicyclic amines) is 1. The molecule has 2 nitrogen and oxygen atoms in total. The predicted octanol–water partition coefficient (Wildman–Crippen LogP) is 3.16. The molecule has 0 N–H and O–H groups in total. The van der Waals surface area contributed by atoms with E-state index in [4.69, 9.17) is 0 Å². The minimum atomic E-state index is 0.262. The Hall–Kier alpha value is -0.960. The largest absolute Gasteiger partial charge is 0.339 e. The first-order valence-corrected chi connectivity index (χ1v) is 7.10. The Morgan fingerprint density at radius 3 is 2.67 bits per heavy atom. The summed E-state index contributed by atoms with van der Waals surface area (Å²) in [4.78, 5) is 15.3. The van der Waals surface area contributed by atoms with Gasteiger partial charge in [0.2, 0.25) is 5.91 Å². The third-order valence-corrected chi connectivity index (χ3v) is 3.98. The van der Waals surface area contributed by atoms with Crippen molar-refractivity contribution in [3.63, 3.8) is 0 Å². The van der Waals surface area contributed by atoms with Crippen molar-refractivity contribution < 1.29 is 4.79 Å². The summed E-state index contributed by atoms with van der Waals surface area (Å²) in [6, 6.07) is 8.29. The minimum Gasteiger partial charge on any atom is -0.339 e. The maximum absolute atomic E-state index is 12.3. The fraction of sp³-hybridized carbons (Fsp3) is 0.533. The molecule has 1 aromatic carbocycles. The summed E-state index contributed by atoms with van der Waals surface area (Å²) in [7, 11) is 0. The van der Waals surface area contributed by atoms with Crippen LogP contribution in [0.4, 0.5) is 0 Å². The smallest absolute Gasteiger partial charge is 0.227 e. The summed E-state index contributed by atoms with van der Waals surface area (Å²) in [5.41, 5.74) is 1.08. The average Bonchev–Trinajstić information content (AvgIpc) is 2.81. The van der Waals surface area contributed by atoms with Crippen LogP contribution in [0.3, 0.4) is 0 Å². The quantitative estimate of drug-likeness (QED) is 0.831. The topological polar surface area (TPSA) is 20.3 Å². The third kappa shape index (κ3) is 3.08. The van der Waals surface area contributed by atoms with Crippen LogP contribution in [0.15, 0.2) is 29.2 Å². The standard InChI is InChI=1S/C15H21NOS/c1-11(2)14-4-3-9-16(14)15(17)10-12-5-7-13(18)8-6-12/h5-8,11,14,18H,3-4,9-10H2,1-2H3. The van der Waals surface area contributed by atoms with E-state index in [1.807, 2.05) is 24.3 Å². The molecule has 1 fully saturated rings. The van der Waals surface area contributed by atoms with Gasteiger partial charge >= 0.3 is 0 Å². The number of hydrogen-bond acceptors (Lipinski definition) is 2. The molecule has 0 spiro atoms. The number of benzene rings is 1. The van der Waals surface area contributed by atoms with Crippen LogP contribution in [0.2, 0.25) is 0 Å². The normalized spacial score (nSPS) is 19.6. The lowest BCUT2D eigenvalue weighted by atomic mass is 10.0. The third-order valence-electron chi connectivity index (χ3n) is 3.68. The highest BCUT2D eigenvalue weighted by Crippen LogP contribution is 2.24. The fourth-order valence-electron chi connectivity index (χ4n) is 2.69. The predicted molar refractivity (Wildman–Crippen MR) is 77.0 cm³/mol. The molecule has 1 heterocycles. The Bertz CT molecular complexity index is 413. The number of amides is 1. The maximum Gasteiger partial charge on any atom is 0.227 e. The highest BCUT2D eigenvalue weighted by Gasteiger charge is 2.30. The van der Waals surface area contributed by atoms with Crippen molar-refractivity contribution in [2.24, 2.45) is 5.92 Å². The highest BCUT2D eigenvalue weighted by molar-refractivity contribution is 7.80. The van der Waals surface area contributed by atoms with Crippen LogP contribution in [0.1, 0.15) is 32.3 Å². The number of thiol groups is 1. The summed E-state index contributed by atoms with van der Waals surface area (Å²) < 4.78 is 0. The van der Waals surface area contributed by atoms with Gasteiger partial charge in [-0.25, -0.2) is 0 Å². The zero-order valence-electron chi connectivity index (χ0n) is 11.1. The van der Waals surface area contributed by atoms with Gasteiger partial charge in [-0.1, -0.05) is 26.0 Å². The molecule has 1 amide bonds. The minimum absolute atomic E-state index is 0.262. The first-order valence-electron chi connectivity index (χ1n) is 6.65. The van der Waals surface area contributed by atoms with Crippen molar-refractivity contribution in [2.75, 3.05) is 6.54 Å². The van der Waals surface area contributed by atoms with Gasteiger partial charge < -0.3 is 4.90 Å². The fourth-order valence-corrected chi connectivity index (χ4v) is 2.83. The van der Waals surface area contributed by atoms with E-state index < -0.39 is 0 Å². The Kier molecular flexibility index (Phi) is 4.33. The molecular formula is C15H21NOS. The van der Waals surface area contributed by atoms with Crippen LogP contribution in [0.25, 0.3) is 0 Å². The van der Waals surface area contributed by atoms with E-state index in [1.165, 1.54) is 0 Å². The van der Waals surface area contributed by atoms with Gasteiger partial charge in [0, 0.05) is 17.5 Å². The zero-order valence-corrected chi connectivity index (χ0v) is 12.0. The Labute approximate surface area is 115 Å². The van der Waals surface area contributed by atoms with Gasteiger partial charge in [0.15, 0.2) is 0 Å². The number of rotatable bonds is 3. The van der Waals surface area contributed by atoms with Gasteiger partial charge in [-0.3, -0.25) is 4.79 Å². The first kappa shape index (κ1) is 13.5. The van der Waals surface area contributed by atoms with E-state index in [0.29, 0.717) is 18.4 Å². The Balaban J connectivity index is 2.01. The molecule has 0 saturated carbocycles. The molecule has 1 aromatic rings. The maximum atomic E-state index is 12.3. The van der Waals surface area contributed by atoms with Crippen molar-refractivity contribution in [3.8, 4) is 0 Å². The van der Waals surface area contributed by atoms with Crippen LogP contribution in [0, 0.1) is 5.92 Å². The number of carbonyl (C=O) groups excluding carboxylic acids is 1. The summed E-state index contributed by atoms with van der Waals surface area (Å²) in [6.07, 6.45) is 2.81. The molecular weight excluding hydrogens is 242 g/mol. The Morgan fingerprint density at radius 1 is 1.39 bits per heavy atom. The summed E-state index contributed by atoms with van der Waals surface area (Å²) in [5.74, 6) is 0.814. The van der Waals surface area contributed by atoms with E-state index >= 15 is 0 Å². The van der Waals surface area contributed by atoms with E-state index in [-0.39, 0.29) is 5.91 Å². The monoisotopic (exact) mass is 263 g/mol. The molecule has 1 atom stereocenters. The lowest BCUT2D eigenvalue weighted by Gasteiger charge is -2.27. The lowest BCUT2D eigenvalue weighted by molar-refractivity contribution is -0.132. The molecule has 2 rings (SSSR count).